The van der Waals surface area contributed by atoms with Crippen molar-refractivity contribution < 1.29 is 10.0 Å². The monoisotopic (exact) mass is 189 g/mol. The highest BCUT2D eigenvalue weighted by Crippen LogP contribution is 2.00. The fourth-order valence-electron chi connectivity index (χ4n) is 0.742. The van der Waals surface area contributed by atoms with Crippen molar-refractivity contribution in [3.8, 4) is 0 Å². The fraction of sp³-hybridized carbons (Fsp3) is 0.250. The van der Waals surface area contributed by atoms with E-state index >= 15 is 0 Å². The second kappa shape index (κ2) is 5.97. The quantitative estimate of drug-likeness (QED) is 0.737. The Kier molecular flexibility index (Phi) is 5.66. The standard InChI is InChI=1S/C8H11NO2.ClH/c1-9(10)11-7-8-5-3-2-4-6-8;/h2-6,10H,7H2,1H3;1H. The molecule has 0 amide bonds. The van der Waals surface area contributed by atoms with Crippen LogP contribution in [0.25, 0.3) is 0 Å². The average Bonchev–Trinajstić information content (AvgIpc) is 2.03. The molecule has 0 unspecified atom stereocenters. The summed E-state index contributed by atoms with van der Waals surface area (Å²) >= 11 is 0. The van der Waals surface area contributed by atoms with E-state index in [-0.39, 0.29) is 12.4 Å². The highest BCUT2D eigenvalue weighted by atomic mass is 35.5. The van der Waals surface area contributed by atoms with Gasteiger partial charge in [0.1, 0.15) is 0 Å². The summed E-state index contributed by atoms with van der Waals surface area (Å²) in [6.07, 6.45) is 0. The zero-order valence-electron chi connectivity index (χ0n) is 6.80. The van der Waals surface area contributed by atoms with E-state index in [1.165, 1.54) is 7.05 Å². The molecule has 0 bridgehead atoms. The van der Waals surface area contributed by atoms with Crippen molar-refractivity contribution in [1.29, 1.82) is 0 Å². The van der Waals surface area contributed by atoms with E-state index in [1.807, 2.05) is 30.3 Å². The Labute approximate surface area is 77.9 Å². The summed E-state index contributed by atoms with van der Waals surface area (Å²) in [6.45, 7) is 0.397. The van der Waals surface area contributed by atoms with Gasteiger partial charge in [-0.1, -0.05) is 35.6 Å². The molecule has 0 spiro atoms. The number of benzene rings is 1. The van der Waals surface area contributed by atoms with Gasteiger partial charge in [0.25, 0.3) is 0 Å². The van der Waals surface area contributed by atoms with E-state index in [9.17, 15) is 0 Å². The summed E-state index contributed by atoms with van der Waals surface area (Å²) in [6, 6.07) is 9.66. The summed E-state index contributed by atoms with van der Waals surface area (Å²) in [5.41, 5.74) is 1.04. The van der Waals surface area contributed by atoms with E-state index in [2.05, 4.69) is 0 Å². The van der Waals surface area contributed by atoms with Gasteiger partial charge in [0, 0.05) is 7.05 Å². The smallest absolute Gasteiger partial charge is 0.0962 e. The van der Waals surface area contributed by atoms with Gasteiger partial charge in [-0.05, 0) is 5.56 Å². The Hall–Kier alpha value is -0.610. The molecule has 0 aliphatic heterocycles. The van der Waals surface area contributed by atoms with Gasteiger partial charge >= 0.3 is 0 Å². The van der Waals surface area contributed by atoms with Crippen molar-refractivity contribution in [2.75, 3.05) is 7.05 Å². The molecule has 0 saturated heterocycles. The molecule has 0 fully saturated rings. The molecule has 0 heterocycles. The van der Waals surface area contributed by atoms with Crippen LogP contribution in [0, 0.1) is 0 Å². The fourth-order valence-corrected chi connectivity index (χ4v) is 0.742. The second-order valence-corrected chi connectivity index (χ2v) is 2.22. The van der Waals surface area contributed by atoms with Crippen LogP contribution >= 0.6 is 12.4 Å². The minimum atomic E-state index is 0. The number of hydrogen-bond donors (Lipinski definition) is 1. The first-order valence-electron chi connectivity index (χ1n) is 3.38. The SMILES string of the molecule is CN(O)OCc1ccccc1.Cl. The summed E-state index contributed by atoms with van der Waals surface area (Å²) in [7, 11) is 1.43. The lowest BCUT2D eigenvalue weighted by molar-refractivity contribution is -0.330. The number of hydrogen-bond acceptors (Lipinski definition) is 3. The van der Waals surface area contributed by atoms with Crippen molar-refractivity contribution in [1.82, 2.24) is 5.23 Å². The third kappa shape index (κ3) is 4.31. The van der Waals surface area contributed by atoms with Gasteiger partial charge in [0.2, 0.25) is 0 Å². The maximum absolute atomic E-state index is 8.62. The molecule has 1 N–H and O–H groups in total. The van der Waals surface area contributed by atoms with Gasteiger partial charge in [0.05, 0.1) is 6.61 Å². The number of hydroxylamine groups is 2. The number of rotatable bonds is 3. The van der Waals surface area contributed by atoms with Crippen LogP contribution in [-0.2, 0) is 11.4 Å². The van der Waals surface area contributed by atoms with Crippen LogP contribution in [0.5, 0.6) is 0 Å². The Morgan fingerprint density at radius 3 is 2.42 bits per heavy atom. The van der Waals surface area contributed by atoms with Crippen LogP contribution < -0.4 is 0 Å². The van der Waals surface area contributed by atoms with Gasteiger partial charge in [-0.25, -0.2) is 0 Å². The molecule has 0 atom stereocenters. The van der Waals surface area contributed by atoms with Crippen molar-refractivity contribution in [2.45, 2.75) is 6.61 Å². The summed E-state index contributed by atoms with van der Waals surface area (Å²) < 4.78 is 0. The first-order chi connectivity index (χ1) is 5.29. The van der Waals surface area contributed by atoms with E-state index < -0.39 is 0 Å². The van der Waals surface area contributed by atoms with E-state index in [4.69, 9.17) is 10.0 Å². The summed E-state index contributed by atoms with van der Waals surface area (Å²) in [5.74, 6) is 0. The summed E-state index contributed by atoms with van der Waals surface area (Å²) in [4.78, 5) is 4.82. The third-order valence-electron chi connectivity index (χ3n) is 1.26. The highest BCUT2D eigenvalue weighted by Gasteiger charge is 1.92. The lowest BCUT2D eigenvalue weighted by Gasteiger charge is -2.07. The molecule has 3 nitrogen and oxygen atoms in total. The predicted molar refractivity (Wildman–Crippen MR) is 48.0 cm³/mol. The van der Waals surface area contributed by atoms with Crippen molar-refractivity contribution in [3.63, 3.8) is 0 Å². The van der Waals surface area contributed by atoms with Crippen LogP contribution in [0.3, 0.4) is 0 Å². The van der Waals surface area contributed by atoms with Crippen LogP contribution in [0.1, 0.15) is 5.56 Å². The Balaban J connectivity index is 0.00000121. The lowest BCUT2D eigenvalue weighted by atomic mass is 10.2. The molecule has 1 aromatic rings. The van der Waals surface area contributed by atoms with Gasteiger partial charge in [-0.3, -0.25) is 10.0 Å². The first-order valence-corrected chi connectivity index (χ1v) is 3.38. The number of halogens is 1. The van der Waals surface area contributed by atoms with Crippen LogP contribution in [0.2, 0.25) is 0 Å². The third-order valence-corrected chi connectivity index (χ3v) is 1.26. The van der Waals surface area contributed by atoms with Crippen LogP contribution in [0.15, 0.2) is 30.3 Å². The molecule has 0 aromatic heterocycles. The van der Waals surface area contributed by atoms with Gasteiger partial charge in [0.15, 0.2) is 0 Å². The van der Waals surface area contributed by atoms with E-state index in [0.29, 0.717) is 11.8 Å². The predicted octanol–water partition coefficient (Wildman–Crippen LogP) is 1.86. The van der Waals surface area contributed by atoms with Crippen LogP contribution in [-0.4, -0.2) is 17.5 Å². The number of nitrogens with zero attached hydrogens (tertiary/aromatic N) is 1. The maximum atomic E-state index is 8.62. The Bertz CT molecular complexity index is 203. The molecule has 0 aliphatic rings. The molecule has 0 aliphatic carbocycles. The molecule has 1 aromatic carbocycles. The zero-order valence-corrected chi connectivity index (χ0v) is 7.62. The molecule has 68 valence electrons. The van der Waals surface area contributed by atoms with Crippen molar-refractivity contribution in [3.05, 3.63) is 35.9 Å². The largest absolute Gasteiger partial charge is 0.290 e. The van der Waals surface area contributed by atoms with Gasteiger partial charge in [-0.15, -0.1) is 12.4 Å². The second-order valence-electron chi connectivity index (χ2n) is 2.22. The van der Waals surface area contributed by atoms with Crippen LogP contribution in [0.4, 0.5) is 0 Å². The minimum absolute atomic E-state index is 0. The van der Waals surface area contributed by atoms with Crippen molar-refractivity contribution in [2.24, 2.45) is 0 Å². The maximum Gasteiger partial charge on any atom is 0.0962 e. The topological polar surface area (TPSA) is 32.7 Å². The minimum Gasteiger partial charge on any atom is -0.290 e. The first kappa shape index (κ1) is 11.4. The highest BCUT2D eigenvalue weighted by molar-refractivity contribution is 5.85. The molecule has 12 heavy (non-hydrogen) atoms. The molecular weight excluding hydrogens is 178 g/mol. The molecular formula is C8H12ClNO2. The molecule has 4 heteroatoms. The zero-order chi connectivity index (χ0) is 8.10. The average molecular weight is 190 g/mol. The van der Waals surface area contributed by atoms with E-state index in [0.717, 1.165) is 5.56 Å². The molecule has 0 saturated carbocycles. The molecule has 1 rings (SSSR count). The van der Waals surface area contributed by atoms with Gasteiger partial charge < -0.3 is 0 Å². The Morgan fingerprint density at radius 1 is 1.33 bits per heavy atom. The van der Waals surface area contributed by atoms with Crippen molar-refractivity contribution >= 4 is 12.4 Å². The molecule has 0 radical (unpaired) electrons. The lowest BCUT2D eigenvalue weighted by Crippen LogP contribution is -2.12. The van der Waals surface area contributed by atoms with Gasteiger partial charge in [-0.2, -0.15) is 0 Å². The normalized spacial score (nSPS) is 9.58. The van der Waals surface area contributed by atoms with E-state index in [1.54, 1.807) is 0 Å². The Morgan fingerprint density at radius 2 is 1.92 bits per heavy atom. The summed E-state index contributed by atoms with van der Waals surface area (Å²) in [5, 5.41) is 9.33.